The molecule has 7 heavy (non-hydrogen) atoms. The fourth-order valence-electron chi connectivity index (χ4n) is 0. The minimum absolute atomic E-state index is 0. The first-order valence-corrected chi connectivity index (χ1v) is 0. The molecule has 0 unspecified atom stereocenters. The van der Waals surface area contributed by atoms with E-state index in [4.69, 9.17) is 0 Å². The molecule has 0 fully saturated rings. The predicted octanol–water partition coefficient (Wildman–Crippen LogP) is 0.478. The normalized spacial score (nSPS) is 0. The second-order valence-corrected chi connectivity index (χ2v) is 0. The summed E-state index contributed by atoms with van der Waals surface area (Å²) in [6.45, 7) is 0. The fraction of sp³-hybridized carbons (Fsp3) is 0. The Balaban J connectivity index is 0. The molecule has 0 N–H and O–H groups in total. The fourth-order valence-corrected chi connectivity index (χ4v) is 0. The van der Waals surface area contributed by atoms with Gasteiger partial charge in [-0.15, -0.1) is 0 Å². The van der Waals surface area contributed by atoms with E-state index in [1.807, 2.05) is 0 Å². The standard InChI is InChI=1S/Al.Cu.3N.2Ti/q+3;+2;3*-3;;+4. The van der Waals surface area contributed by atoms with Crippen molar-refractivity contribution in [3.05, 3.63) is 18.5 Å². The summed E-state index contributed by atoms with van der Waals surface area (Å²) in [7, 11) is 0. The first-order chi connectivity index (χ1) is 0. The van der Waals surface area contributed by atoms with Crippen LogP contribution in [0.1, 0.15) is 0 Å². The topological polar surface area (TPSA) is 91.5 Å². The number of rotatable bonds is 0. The second kappa shape index (κ2) is 81.3. The van der Waals surface area contributed by atoms with E-state index < -0.39 is 0 Å². The maximum absolute atomic E-state index is 0. The molecule has 0 aliphatic heterocycles. The summed E-state index contributed by atoms with van der Waals surface area (Å²) in [6.07, 6.45) is 0. The Bertz CT molecular complexity index is 12.9. The molecule has 0 aliphatic rings. The molecule has 0 aromatic rings. The zero-order valence-electron chi connectivity index (χ0n) is 3.22. The summed E-state index contributed by atoms with van der Waals surface area (Å²) in [4.78, 5) is 0. The molecule has 0 aromatic heterocycles. The van der Waals surface area contributed by atoms with Gasteiger partial charge in [0.25, 0.3) is 0 Å². The van der Waals surface area contributed by atoms with Crippen LogP contribution in [0.3, 0.4) is 0 Å². The van der Waals surface area contributed by atoms with Gasteiger partial charge in [0.05, 0.1) is 0 Å². The summed E-state index contributed by atoms with van der Waals surface area (Å²) >= 11 is 0. The summed E-state index contributed by atoms with van der Waals surface area (Å²) in [5.41, 5.74) is 0. The molecule has 0 rings (SSSR count). The van der Waals surface area contributed by atoms with Crippen LogP contribution >= 0.6 is 0 Å². The maximum atomic E-state index is 0. The molecule has 0 saturated carbocycles. The monoisotopic (exact) mass is 228 g/mol. The van der Waals surface area contributed by atoms with Crippen molar-refractivity contribution in [1.29, 1.82) is 0 Å². The molecule has 37 valence electrons. The van der Waals surface area contributed by atoms with Gasteiger partial charge in [0.15, 0.2) is 0 Å². The summed E-state index contributed by atoms with van der Waals surface area (Å²) < 4.78 is 0. The van der Waals surface area contributed by atoms with Gasteiger partial charge in [0.2, 0.25) is 0 Å². The van der Waals surface area contributed by atoms with Crippen LogP contribution in [0.4, 0.5) is 0 Å². The molecule has 7 heteroatoms. The van der Waals surface area contributed by atoms with Gasteiger partial charge < -0.3 is 18.5 Å². The zero-order valence-corrected chi connectivity index (χ0v) is 8.44. The smallest absolute Gasteiger partial charge is 3.00 e. The van der Waals surface area contributed by atoms with Crippen LogP contribution in [-0.4, -0.2) is 17.4 Å². The molecule has 0 amide bonds. The third kappa shape index (κ3) is 60.7. The van der Waals surface area contributed by atoms with Crippen molar-refractivity contribution in [2.24, 2.45) is 0 Å². The van der Waals surface area contributed by atoms with Gasteiger partial charge >= 0.3 is 56.1 Å². The van der Waals surface area contributed by atoms with Crippen molar-refractivity contribution >= 4 is 17.4 Å². The van der Waals surface area contributed by atoms with Crippen molar-refractivity contribution in [3.8, 4) is 0 Å². The van der Waals surface area contributed by atoms with Gasteiger partial charge in [-0.2, -0.15) is 0 Å². The van der Waals surface area contributed by atoms with Crippen LogP contribution in [0, 0.1) is 0 Å². The predicted molar refractivity (Wildman–Crippen MR) is 15.8 cm³/mol. The Kier molecular flexibility index (Phi) is 1360. The van der Waals surface area contributed by atoms with Crippen molar-refractivity contribution in [3.63, 3.8) is 0 Å². The molecule has 3 nitrogen and oxygen atoms in total. The Labute approximate surface area is 95.3 Å². The van der Waals surface area contributed by atoms with Crippen LogP contribution in [0.5, 0.6) is 0 Å². The third-order valence-electron chi connectivity index (χ3n) is 0. The van der Waals surface area contributed by atoms with Gasteiger partial charge in [-0.1, -0.05) is 0 Å². The van der Waals surface area contributed by atoms with Crippen molar-refractivity contribution in [2.45, 2.75) is 0 Å². The molecule has 0 saturated heterocycles. The first kappa shape index (κ1) is 117. The van der Waals surface area contributed by atoms with E-state index >= 15 is 0 Å². The molecule has 0 spiro atoms. The van der Waals surface area contributed by atoms with E-state index in [-0.39, 0.29) is 96.3 Å². The van der Waals surface area contributed by atoms with E-state index in [2.05, 4.69) is 0 Å². The first-order valence-electron chi connectivity index (χ1n) is 0. The Morgan fingerprint density at radius 3 is 0.714 bits per heavy atom. The largest absolute Gasteiger partial charge is 4.00 e. The molecule has 0 atom stereocenters. The van der Waals surface area contributed by atoms with Crippen LogP contribution in [0.15, 0.2) is 0 Å². The minimum Gasteiger partial charge on any atom is -3.00 e. The summed E-state index contributed by atoms with van der Waals surface area (Å²) in [5.74, 6) is 0. The number of nitrogens with zero attached hydrogens (tertiary/aromatic N) is 3. The van der Waals surface area contributed by atoms with Gasteiger partial charge in [-0.25, -0.2) is 0 Å². The van der Waals surface area contributed by atoms with Gasteiger partial charge in [-0.3, -0.25) is 0 Å². The average molecular weight is 228 g/mol. The van der Waals surface area contributed by atoms with Crippen molar-refractivity contribution in [1.82, 2.24) is 0 Å². The number of hydrogen-bond donors (Lipinski definition) is 0. The summed E-state index contributed by atoms with van der Waals surface area (Å²) in [5, 5.41) is 0. The van der Waals surface area contributed by atoms with E-state index in [1.54, 1.807) is 0 Å². The van der Waals surface area contributed by atoms with Crippen LogP contribution < -0.4 is 0 Å². The molecule has 0 aliphatic carbocycles. The van der Waals surface area contributed by atoms with E-state index in [1.165, 1.54) is 0 Å². The maximum Gasteiger partial charge on any atom is 4.00 e. The SMILES string of the molecule is [Al+3].[Cu+2].[N-3].[N-3].[N-3].[Ti+4].[Ti]. The van der Waals surface area contributed by atoms with Gasteiger partial charge in [-0.05, 0) is 0 Å². The van der Waals surface area contributed by atoms with Crippen molar-refractivity contribution < 1.29 is 60.5 Å². The zero-order chi connectivity index (χ0) is 0. The van der Waals surface area contributed by atoms with Gasteiger partial charge in [0, 0.05) is 21.7 Å². The minimum atomic E-state index is 0. The molecule has 0 heterocycles. The molecular weight excluding hydrogens is 228 g/mol. The second-order valence-electron chi connectivity index (χ2n) is 0. The van der Waals surface area contributed by atoms with Crippen LogP contribution in [-0.2, 0) is 60.5 Å². The van der Waals surface area contributed by atoms with E-state index in [0.717, 1.165) is 0 Å². The Morgan fingerprint density at radius 1 is 0.714 bits per heavy atom. The number of hydrogen-bond acceptors (Lipinski definition) is 0. The van der Waals surface area contributed by atoms with Crippen LogP contribution in [0.25, 0.3) is 18.5 Å². The Hall–Kier alpha value is 2.36. The van der Waals surface area contributed by atoms with E-state index in [0.29, 0.717) is 0 Å². The molecule has 0 bridgehead atoms. The summed E-state index contributed by atoms with van der Waals surface area (Å²) in [6, 6.07) is 0. The molecule has 1 radical (unpaired) electrons. The Morgan fingerprint density at radius 2 is 0.714 bits per heavy atom. The average Bonchev–Trinajstić information content (AvgIpc) is 0. The van der Waals surface area contributed by atoms with Crippen molar-refractivity contribution in [2.75, 3.05) is 0 Å². The van der Waals surface area contributed by atoms with Crippen LogP contribution in [0.2, 0.25) is 0 Å². The van der Waals surface area contributed by atoms with E-state index in [9.17, 15) is 0 Å². The quantitative estimate of drug-likeness (QED) is 0.539. The van der Waals surface area contributed by atoms with Gasteiger partial charge in [0.1, 0.15) is 0 Å². The third-order valence-corrected chi connectivity index (χ3v) is 0. The molecule has 0 aromatic carbocycles. The molecular formula is AlCuN3Ti2.